The Kier molecular flexibility index (Phi) is 7.47. The molecule has 0 atom stereocenters. The number of hydrogen-bond donors (Lipinski definition) is 3. The van der Waals surface area contributed by atoms with Gasteiger partial charge < -0.3 is 15.8 Å². The molecule has 0 radical (unpaired) electrons. The molecule has 0 fully saturated rings. The lowest BCUT2D eigenvalue weighted by Gasteiger charge is -2.13. The van der Waals surface area contributed by atoms with Crippen molar-refractivity contribution in [2.24, 2.45) is 0 Å². The van der Waals surface area contributed by atoms with Gasteiger partial charge in [-0.25, -0.2) is 9.59 Å². The summed E-state index contributed by atoms with van der Waals surface area (Å²) in [6, 6.07) is 3.64. The number of nitrogen functional groups attached to an aromatic ring is 1. The Morgan fingerprint density at radius 3 is 2.73 bits per heavy atom. The van der Waals surface area contributed by atoms with Gasteiger partial charge in [-0.05, 0) is 50.3 Å². The minimum absolute atomic E-state index is 0.171. The first-order valence-electron chi connectivity index (χ1n) is 8.43. The maximum atomic E-state index is 11.8. The molecule has 1 aliphatic carbocycles. The highest BCUT2D eigenvalue weighted by Gasteiger charge is 2.13. The first kappa shape index (κ1) is 19.8. The average molecular weight is 380 g/mol. The van der Waals surface area contributed by atoms with Crippen molar-refractivity contribution in [3.63, 3.8) is 0 Å². The van der Waals surface area contributed by atoms with Gasteiger partial charge in [0.15, 0.2) is 6.61 Å². The number of ether oxygens (including phenoxy) is 1. The van der Waals surface area contributed by atoms with Gasteiger partial charge in [0.2, 0.25) is 0 Å². The zero-order valence-corrected chi connectivity index (χ0v) is 15.1. The first-order valence-corrected chi connectivity index (χ1v) is 8.81. The minimum atomic E-state index is -0.729. The van der Waals surface area contributed by atoms with Crippen LogP contribution in [0.1, 0.15) is 42.5 Å². The molecule has 0 unspecified atom stereocenters. The van der Waals surface area contributed by atoms with Crippen LogP contribution in [-0.4, -0.2) is 31.1 Å². The van der Waals surface area contributed by atoms with Crippen LogP contribution in [0.5, 0.6) is 0 Å². The highest BCUT2D eigenvalue weighted by atomic mass is 35.5. The fourth-order valence-electron chi connectivity index (χ4n) is 2.56. The van der Waals surface area contributed by atoms with Crippen LogP contribution < -0.4 is 16.4 Å². The molecule has 26 heavy (non-hydrogen) atoms. The van der Waals surface area contributed by atoms with Gasteiger partial charge in [0.1, 0.15) is 0 Å². The zero-order chi connectivity index (χ0) is 18.9. The lowest BCUT2D eigenvalue weighted by atomic mass is 9.97. The average Bonchev–Trinajstić information content (AvgIpc) is 2.63. The normalized spacial score (nSPS) is 13.5. The fraction of sp³-hybridized carbons (Fsp3) is 0.389. The second-order valence-corrected chi connectivity index (χ2v) is 6.38. The summed E-state index contributed by atoms with van der Waals surface area (Å²) >= 11 is 5.77. The maximum Gasteiger partial charge on any atom is 0.338 e. The van der Waals surface area contributed by atoms with E-state index in [4.69, 9.17) is 22.1 Å². The van der Waals surface area contributed by atoms with Crippen molar-refractivity contribution < 1.29 is 19.1 Å². The number of nitrogens with two attached hydrogens (primary N) is 1. The molecular weight excluding hydrogens is 358 g/mol. The number of anilines is 1. The number of amides is 3. The largest absolute Gasteiger partial charge is 0.452 e. The number of benzene rings is 1. The van der Waals surface area contributed by atoms with Crippen LogP contribution >= 0.6 is 11.6 Å². The molecule has 2 rings (SSSR count). The molecule has 0 aliphatic heterocycles. The van der Waals surface area contributed by atoms with Crippen LogP contribution in [0, 0.1) is 0 Å². The second kappa shape index (κ2) is 9.82. The van der Waals surface area contributed by atoms with Crippen LogP contribution in [0.4, 0.5) is 10.5 Å². The monoisotopic (exact) mass is 379 g/mol. The number of imide groups is 1. The molecule has 7 nitrogen and oxygen atoms in total. The first-order chi connectivity index (χ1) is 12.5. The zero-order valence-electron chi connectivity index (χ0n) is 14.3. The summed E-state index contributed by atoms with van der Waals surface area (Å²) in [7, 11) is 0. The molecule has 3 amide bonds. The summed E-state index contributed by atoms with van der Waals surface area (Å²) < 4.78 is 4.85. The number of allylic oxidation sites excluding steroid dienone is 1. The smallest absolute Gasteiger partial charge is 0.338 e. The highest BCUT2D eigenvalue weighted by Crippen LogP contribution is 2.20. The number of rotatable bonds is 6. The molecule has 0 saturated heterocycles. The number of carbonyl (C=O) groups is 3. The SMILES string of the molecule is Nc1cc(C(=O)OCC(=O)NC(=O)NCCC2=CCCCC2)ccc1Cl. The summed E-state index contributed by atoms with van der Waals surface area (Å²) in [5, 5.41) is 5.04. The number of urea groups is 1. The molecule has 1 aromatic carbocycles. The standard InChI is InChI=1S/C18H22ClN3O4/c19-14-7-6-13(10-15(14)20)17(24)26-11-16(23)22-18(25)21-9-8-12-4-2-1-3-5-12/h4,6-7,10H,1-3,5,8-9,11,20H2,(H2,21,22,23,25). The van der Waals surface area contributed by atoms with E-state index in [1.807, 2.05) is 0 Å². The predicted molar refractivity (Wildman–Crippen MR) is 98.9 cm³/mol. The molecule has 0 heterocycles. The Labute approximate surface area is 156 Å². The van der Waals surface area contributed by atoms with Gasteiger partial charge in [0.25, 0.3) is 5.91 Å². The van der Waals surface area contributed by atoms with Crippen molar-refractivity contribution in [3.05, 3.63) is 40.4 Å². The van der Waals surface area contributed by atoms with E-state index >= 15 is 0 Å². The molecule has 0 aromatic heterocycles. The number of nitrogens with one attached hydrogen (secondary N) is 2. The van der Waals surface area contributed by atoms with E-state index < -0.39 is 24.5 Å². The topological polar surface area (TPSA) is 111 Å². The molecule has 0 spiro atoms. The van der Waals surface area contributed by atoms with Crippen LogP contribution in [-0.2, 0) is 9.53 Å². The van der Waals surface area contributed by atoms with E-state index in [0.29, 0.717) is 11.6 Å². The molecule has 8 heteroatoms. The van der Waals surface area contributed by atoms with Gasteiger partial charge in [-0.2, -0.15) is 0 Å². The number of esters is 1. The second-order valence-electron chi connectivity index (χ2n) is 5.97. The van der Waals surface area contributed by atoms with Crippen molar-refractivity contribution in [1.29, 1.82) is 0 Å². The third-order valence-corrected chi connectivity index (χ3v) is 4.28. The molecule has 1 aliphatic rings. The van der Waals surface area contributed by atoms with Gasteiger partial charge >= 0.3 is 12.0 Å². The summed E-state index contributed by atoms with van der Waals surface area (Å²) in [5.41, 5.74) is 7.34. The fourth-order valence-corrected chi connectivity index (χ4v) is 2.68. The highest BCUT2D eigenvalue weighted by molar-refractivity contribution is 6.33. The molecular formula is C18H22ClN3O4. The number of hydrogen-bond acceptors (Lipinski definition) is 5. The van der Waals surface area contributed by atoms with Gasteiger partial charge in [0, 0.05) is 6.54 Å². The van der Waals surface area contributed by atoms with Crippen molar-refractivity contribution in [2.45, 2.75) is 32.1 Å². The van der Waals surface area contributed by atoms with Crippen LogP contribution in [0.25, 0.3) is 0 Å². The summed E-state index contributed by atoms with van der Waals surface area (Å²) in [6.45, 7) is -0.116. The Morgan fingerprint density at radius 1 is 1.23 bits per heavy atom. The van der Waals surface area contributed by atoms with E-state index in [2.05, 4.69) is 16.7 Å². The van der Waals surface area contributed by atoms with E-state index in [1.54, 1.807) is 0 Å². The lowest BCUT2D eigenvalue weighted by Crippen LogP contribution is -2.41. The van der Waals surface area contributed by atoms with E-state index in [1.165, 1.54) is 36.6 Å². The minimum Gasteiger partial charge on any atom is -0.452 e. The van der Waals surface area contributed by atoms with E-state index in [-0.39, 0.29) is 11.3 Å². The van der Waals surface area contributed by atoms with Gasteiger partial charge in [-0.15, -0.1) is 0 Å². The Hall–Kier alpha value is -2.54. The van der Waals surface area contributed by atoms with Gasteiger partial charge in [0.05, 0.1) is 16.3 Å². The quantitative estimate of drug-likeness (QED) is 0.400. The predicted octanol–water partition coefficient (Wildman–Crippen LogP) is 2.80. The molecule has 140 valence electrons. The van der Waals surface area contributed by atoms with E-state index in [0.717, 1.165) is 19.3 Å². The summed E-state index contributed by atoms with van der Waals surface area (Å²) in [6.07, 6.45) is 7.53. The summed E-state index contributed by atoms with van der Waals surface area (Å²) in [4.78, 5) is 35.2. The summed E-state index contributed by atoms with van der Waals surface area (Å²) in [5.74, 6) is -1.44. The van der Waals surface area contributed by atoms with E-state index in [9.17, 15) is 14.4 Å². The van der Waals surface area contributed by atoms with Gasteiger partial charge in [-0.1, -0.05) is 23.3 Å². The van der Waals surface area contributed by atoms with Crippen molar-refractivity contribution in [1.82, 2.24) is 10.6 Å². The Balaban J connectivity index is 1.67. The van der Waals surface area contributed by atoms with Crippen LogP contribution in [0.2, 0.25) is 5.02 Å². The van der Waals surface area contributed by atoms with Crippen LogP contribution in [0.3, 0.4) is 0 Å². The number of carbonyl (C=O) groups excluding carboxylic acids is 3. The van der Waals surface area contributed by atoms with Crippen molar-refractivity contribution >= 4 is 35.2 Å². The molecule has 4 N–H and O–H groups in total. The van der Waals surface area contributed by atoms with Crippen molar-refractivity contribution in [2.75, 3.05) is 18.9 Å². The van der Waals surface area contributed by atoms with Gasteiger partial charge in [-0.3, -0.25) is 10.1 Å². The Bertz CT molecular complexity index is 718. The van der Waals surface area contributed by atoms with Crippen molar-refractivity contribution in [3.8, 4) is 0 Å². The molecule has 0 saturated carbocycles. The Morgan fingerprint density at radius 2 is 2.04 bits per heavy atom. The van der Waals surface area contributed by atoms with Crippen LogP contribution in [0.15, 0.2) is 29.8 Å². The molecule has 1 aromatic rings. The third-order valence-electron chi connectivity index (χ3n) is 3.94. The number of halogens is 1. The lowest BCUT2D eigenvalue weighted by molar-refractivity contribution is -0.123. The maximum absolute atomic E-state index is 11.8. The third kappa shape index (κ3) is 6.40. The molecule has 0 bridgehead atoms.